The van der Waals surface area contributed by atoms with E-state index in [9.17, 15) is 9.50 Å². The van der Waals surface area contributed by atoms with Gasteiger partial charge in [-0.15, -0.1) is 0 Å². The van der Waals surface area contributed by atoms with Crippen LogP contribution in [0.2, 0.25) is 0 Å². The first-order chi connectivity index (χ1) is 8.36. The molecular weight excluding hydrogens is 233 g/mol. The molecule has 0 amide bonds. The van der Waals surface area contributed by atoms with Crippen molar-refractivity contribution in [2.45, 2.75) is 45.0 Å². The Morgan fingerprint density at radius 1 is 1.33 bits per heavy atom. The van der Waals surface area contributed by atoms with Gasteiger partial charge in [0.15, 0.2) is 0 Å². The molecule has 0 bridgehead atoms. The molecule has 0 spiro atoms. The standard InChI is InChI=1S/C14H22FNO2/c1-10(17)11(2)18-14(3,9-16)8-12-4-6-13(15)7-5-12/h4-7,10-11,17H,8-9,16H2,1-3H3. The van der Waals surface area contributed by atoms with Crippen LogP contribution in [0, 0.1) is 5.82 Å². The first kappa shape index (κ1) is 15.1. The van der Waals surface area contributed by atoms with Crippen molar-refractivity contribution in [1.29, 1.82) is 0 Å². The topological polar surface area (TPSA) is 55.5 Å². The third kappa shape index (κ3) is 4.37. The number of ether oxygens (including phenoxy) is 1. The van der Waals surface area contributed by atoms with Gasteiger partial charge in [-0.05, 0) is 38.5 Å². The minimum atomic E-state index is -0.561. The highest BCUT2D eigenvalue weighted by molar-refractivity contribution is 5.18. The van der Waals surface area contributed by atoms with Crippen LogP contribution in [0.4, 0.5) is 4.39 Å². The maximum atomic E-state index is 12.8. The number of rotatable bonds is 6. The molecule has 1 aromatic carbocycles. The molecule has 1 aromatic rings. The van der Waals surface area contributed by atoms with Gasteiger partial charge in [0.25, 0.3) is 0 Å². The Morgan fingerprint density at radius 3 is 2.33 bits per heavy atom. The molecule has 0 fully saturated rings. The molecule has 0 radical (unpaired) electrons. The lowest BCUT2D eigenvalue weighted by molar-refractivity contribution is -0.109. The second-order valence-corrected chi connectivity index (χ2v) is 5.02. The highest BCUT2D eigenvalue weighted by Crippen LogP contribution is 2.20. The maximum absolute atomic E-state index is 12.8. The van der Waals surface area contributed by atoms with Crippen molar-refractivity contribution in [1.82, 2.24) is 0 Å². The smallest absolute Gasteiger partial charge is 0.123 e. The number of halogens is 1. The van der Waals surface area contributed by atoms with Gasteiger partial charge in [0.2, 0.25) is 0 Å². The van der Waals surface area contributed by atoms with Crippen molar-refractivity contribution in [3.63, 3.8) is 0 Å². The predicted molar refractivity (Wildman–Crippen MR) is 69.8 cm³/mol. The van der Waals surface area contributed by atoms with E-state index in [0.717, 1.165) is 5.56 Å². The SMILES string of the molecule is CC(O)C(C)OC(C)(CN)Cc1ccc(F)cc1. The van der Waals surface area contributed by atoms with E-state index in [1.807, 2.05) is 13.8 Å². The van der Waals surface area contributed by atoms with E-state index in [2.05, 4.69) is 0 Å². The van der Waals surface area contributed by atoms with Crippen LogP contribution in [0.5, 0.6) is 0 Å². The van der Waals surface area contributed by atoms with Gasteiger partial charge >= 0.3 is 0 Å². The highest BCUT2D eigenvalue weighted by atomic mass is 19.1. The van der Waals surface area contributed by atoms with Crippen LogP contribution >= 0.6 is 0 Å². The van der Waals surface area contributed by atoms with Crippen molar-refractivity contribution in [2.75, 3.05) is 6.54 Å². The summed E-state index contributed by atoms with van der Waals surface area (Å²) in [4.78, 5) is 0. The maximum Gasteiger partial charge on any atom is 0.123 e. The molecule has 0 saturated carbocycles. The fourth-order valence-corrected chi connectivity index (χ4v) is 1.74. The second kappa shape index (κ2) is 6.27. The molecule has 102 valence electrons. The quantitative estimate of drug-likeness (QED) is 0.816. The predicted octanol–water partition coefficient (Wildman–Crippen LogP) is 1.87. The molecule has 0 aliphatic carbocycles. The monoisotopic (exact) mass is 255 g/mol. The Kier molecular flexibility index (Phi) is 5.26. The zero-order chi connectivity index (χ0) is 13.8. The van der Waals surface area contributed by atoms with Crippen LogP contribution in [0.25, 0.3) is 0 Å². The van der Waals surface area contributed by atoms with E-state index in [4.69, 9.17) is 10.5 Å². The summed E-state index contributed by atoms with van der Waals surface area (Å²) in [6, 6.07) is 6.29. The molecule has 4 heteroatoms. The summed E-state index contributed by atoms with van der Waals surface area (Å²) in [5.41, 5.74) is 6.15. The number of aliphatic hydroxyl groups excluding tert-OH is 1. The Labute approximate surface area is 108 Å². The van der Waals surface area contributed by atoms with Crippen LogP contribution in [0.3, 0.4) is 0 Å². The van der Waals surface area contributed by atoms with E-state index in [1.54, 1.807) is 19.1 Å². The number of aliphatic hydroxyl groups is 1. The van der Waals surface area contributed by atoms with Gasteiger partial charge in [-0.25, -0.2) is 4.39 Å². The minimum absolute atomic E-state index is 0.258. The lowest BCUT2D eigenvalue weighted by atomic mass is 9.96. The summed E-state index contributed by atoms with van der Waals surface area (Å²) < 4.78 is 18.6. The first-order valence-corrected chi connectivity index (χ1v) is 6.17. The summed E-state index contributed by atoms with van der Waals surface area (Å²) >= 11 is 0. The van der Waals surface area contributed by atoms with Crippen molar-refractivity contribution >= 4 is 0 Å². The van der Waals surface area contributed by atoms with Crippen molar-refractivity contribution in [3.8, 4) is 0 Å². The lowest BCUT2D eigenvalue weighted by Crippen LogP contribution is -2.44. The van der Waals surface area contributed by atoms with Crippen molar-refractivity contribution < 1.29 is 14.2 Å². The minimum Gasteiger partial charge on any atom is -0.391 e. The van der Waals surface area contributed by atoms with E-state index in [-0.39, 0.29) is 11.9 Å². The average Bonchev–Trinajstić information content (AvgIpc) is 2.32. The van der Waals surface area contributed by atoms with Crippen LogP contribution in [0.15, 0.2) is 24.3 Å². The zero-order valence-corrected chi connectivity index (χ0v) is 11.2. The van der Waals surface area contributed by atoms with Gasteiger partial charge in [-0.1, -0.05) is 12.1 Å². The molecular formula is C14H22FNO2. The Bertz CT molecular complexity index is 367. The van der Waals surface area contributed by atoms with Gasteiger partial charge in [-0.2, -0.15) is 0 Å². The molecule has 3 atom stereocenters. The van der Waals surface area contributed by atoms with Crippen LogP contribution in [-0.2, 0) is 11.2 Å². The summed E-state index contributed by atoms with van der Waals surface area (Å²) in [5, 5.41) is 9.47. The van der Waals surface area contributed by atoms with Gasteiger partial charge in [-0.3, -0.25) is 0 Å². The molecule has 18 heavy (non-hydrogen) atoms. The summed E-state index contributed by atoms with van der Waals surface area (Å²) in [6.45, 7) is 5.72. The van der Waals surface area contributed by atoms with E-state index in [0.29, 0.717) is 13.0 Å². The highest BCUT2D eigenvalue weighted by Gasteiger charge is 2.27. The average molecular weight is 255 g/mol. The van der Waals surface area contributed by atoms with Crippen LogP contribution < -0.4 is 5.73 Å². The number of hydrogen-bond donors (Lipinski definition) is 2. The largest absolute Gasteiger partial charge is 0.391 e. The normalized spacial score (nSPS) is 18.1. The van der Waals surface area contributed by atoms with Crippen molar-refractivity contribution in [3.05, 3.63) is 35.6 Å². The number of hydrogen-bond acceptors (Lipinski definition) is 3. The first-order valence-electron chi connectivity index (χ1n) is 6.17. The lowest BCUT2D eigenvalue weighted by Gasteiger charge is -2.33. The molecule has 0 aliphatic rings. The third-order valence-corrected chi connectivity index (χ3v) is 3.07. The molecule has 3 unspecified atom stereocenters. The molecule has 0 heterocycles. The van der Waals surface area contributed by atoms with E-state index < -0.39 is 11.7 Å². The van der Waals surface area contributed by atoms with Crippen LogP contribution in [-0.4, -0.2) is 29.5 Å². The molecule has 1 rings (SSSR count). The molecule has 0 aromatic heterocycles. The van der Waals surface area contributed by atoms with Crippen molar-refractivity contribution in [2.24, 2.45) is 5.73 Å². The zero-order valence-electron chi connectivity index (χ0n) is 11.2. The molecule has 0 saturated heterocycles. The van der Waals surface area contributed by atoms with Gasteiger partial charge in [0.05, 0.1) is 17.8 Å². The summed E-state index contributed by atoms with van der Waals surface area (Å²) in [5.74, 6) is -0.258. The number of nitrogens with two attached hydrogens (primary N) is 1. The Morgan fingerprint density at radius 2 is 1.89 bits per heavy atom. The fourth-order valence-electron chi connectivity index (χ4n) is 1.74. The Hall–Kier alpha value is -0.970. The van der Waals surface area contributed by atoms with Gasteiger partial charge < -0.3 is 15.6 Å². The molecule has 3 N–H and O–H groups in total. The van der Waals surface area contributed by atoms with Gasteiger partial charge in [0, 0.05) is 13.0 Å². The second-order valence-electron chi connectivity index (χ2n) is 5.02. The van der Waals surface area contributed by atoms with E-state index >= 15 is 0 Å². The fraction of sp³-hybridized carbons (Fsp3) is 0.571. The van der Waals surface area contributed by atoms with E-state index in [1.165, 1.54) is 12.1 Å². The molecule has 0 aliphatic heterocycles. The summed E-state index contributed by atoms with van der Waals surface area (Å²) in [6.07, 6.45) is -0.260. The van der Waals surface area contributed by atoms with Gasteiger partial charge in [0.1, 0.15) is 5.82 Å². The number of benzene rings is 1. The summed E-state index contributed by atoms with van der Waals surface area (Å²) in [7, 11) is 0. The third-order valence-electron chi connectivity index (χ3n) is 3.07. The molecule has 3 nitrogen and oxygen atoms in total. The van der Waals surface area contributed by atoms with Crippen LogP contribution in [0.1, 0.15) is 26.3 Å². The Balaban J connectivity index is 2.72.